The topological polar surface area (TPSA) is 66.5 Å². The average Bonchev–Trinajstić information content (AvgIpc) is 2.57. The van der Waals surface area contributed by atoms with Gasteiger partial charge in [-0.25, -0.2) is 8.42 Å². The van der Waals surface area contributed by atoms with Crippen molar-refractivity contribution in [3.05, 3.63) is 64.7 Å². The number of anilines is 1. The standard InChI is InChI=1S/C20H26N2O3S/c1-15-8-5-9-17(14-15)10-7-13-21-20(23)18-11-6-12-19(16(18)2)22(3)26(4,24)25/h5-6,8-9,11-12,14H,7,10,13H2,1-4H3,(H,21,23). The molecule has 0 heterocycles. The molecule has 0 saturated heterocycles. The molecule has 0 radical (unpaired) electrons. The Balaban J connectivity index is 1.99. The van der Waals surface area contributed by atoms with Crippen molar-refractivity contribution >= 4 is 21.6 Å². The van der Waals surface area contributed by atoms with Gasteiger partial charge in [0.2, 0.25) is 10.0 Å². The van der Waals surface area contributed by atoms with E-state index in [0.717, 1.165) is 19.1 Å². The highest BCUT2D eigenvalue weighted by molar-refractivity contribution is 7.92. The lowest BCUT2D eigenvalue weighted by molar-refractivity contribution is 0.0952. The van der Waals surface area contributed by atoms with E-state index in [1.807, 2.05) is 6.07 Å². The first kappa shape index (κ1) is 20.0. The summed E-state index contributed by atoms with van der Waals surface area (Å²) in [5, 5.41) is 2.92. The van der Waals surface area contributed by atoms with Gasteiger partial charge in [-0.3, -0.25) is 9.10 Å². The Morgan fingerprint density at radius 1 is 1.12 bits per heavy atom. The third-order valence-corrected chi connectivity index (χ3v) is 5.59. The van der Waals surface area contributed by atoms with E-state index >= 15 is 0 Å². The van der Waals surface area contributed by atoms with Gasteiger partial charge in [0.05, 0.1) is 11.9 Å². The van der Waals surface area contributed by atoms with Gasteiger partial charge in [-0.2, -0.15) is 0 Å². The third kappa shape index (κ3) is 5.08. The summed E-state index contributed by atoms with van der Waals surface area (Å²) in [6.07, 6.45) is 2.89. The average molecular weight is 375 g/mol. The molecular weight excluding hydrogens is 348 g/mol. The maximum absolute atomic E-state index is 12.5. The molecule has 5 nitrogen and oxygen atoms in total. The molecule has 0 bridgehead atoms. The molecule has 0 aromatic heterocycles. The van der Waals surface area contributed by atoms with E-state index in [1.165, 1.54) is 22.5 Å². The van der Waals surface area contributed by atoms with E-state index in [2.05, 4.69) is 30.4 Å². The molecule has 0 aliphatic rings. The highest BCUT2D eigenvalue weighted by atomic mass is 32.2. The second-order valence-electron chi connectivity index (χ2n) is 6.53. The maximum atomic E-state index is 12.5. The van der Waals surface area contributed by atoms with Crippen LogP contribution < -0.4 is 9.62 Å². The van der Waals surface area contributed by atoms with Crippen molar-refractivity contribution in [2.75, 3.05) is 24.2 Å². The van der Waals surface area contributed by atoms with Crippen LogP contribution in [0.4, 0.5) is 5.69 Å². The highest BCUT2D eigenvalue weighted by Gasteiger charge is 2.18. The first-order chi connectivity index (χ1) is 12.2. The zero-order valence-corrected chi connectivity index (χ0v) is 16.6. The van der Waals surface area contributed by atoms with Gasteiger partial charge >= 0.3 is 0 Å². The van der Waals surface area contributed by atoms with Crippen LogP contribution in [0.15, 0.2) is 42.5 Å². The number of amides is 1. The molecule has 0 aliphatic heterocycles. The minimum absolute atomic E-state index is 0.185. The van der Waals surface area contributed by atoms with E-state index in [4.69, 9.17) is 0 Å². The number of aryl methyl sites for hydroxylation is 2. The second kappa shape index (κ2) is 8.36. The number of benzene rings is 2. The summed E-state index contributed by atoms with van der Waals surface area (Å²) < 4.78 is 24.7. The third-order valence-electron chi connectivity index (χ3n) is 4.40. The normalized spacial score (nSPS) is 11.2. The predicted octanol–water partition coefficient (Wildman–Crippen LogP) is 3.06. The van der Waals surface area contributed by atoms with Crippen molar-refractivity contribution in [2.45, 2.75) is 26.7 Å². The Morgan fingerprint density at radius 3 is 2.46 bits per heavy atom. The van der Waals surface area contributed by atoms with Crippen LogP contribution in [0.1, 0.15) is 33.5 Å². The predicted molar refractivity (Wildman–Crippen MR) is 106 cm³/mol. The zero-order chi connectivity index (χ0) is 19.3. The molecule has 0 unspecified atom stereocenters. The number of carbonyl (C=O) groups excluding carboxylic acids is 1. The Bertz CT molecular complexity index is 892. The second-order valence-corrected chi connectivity index (χ2v) is 8.54. The summed E-state index contributed by atoms with van der Waals surface area (Å²) in [7, 11) is -1.89. The molecule has 0 saturated carbocycles. The van der Waals surface area contributed by atoms with E-state index in [0.29, 0.717) is 23.4 Å². The van der Waals surface area contributed by atoms with Gasteiger partial charge in [0.1, 0.15) is 0 Å². The Kier molecular flexibility index (Phi) is 6.42. The Hall–Kier alpha value is -2.34. The lowest BCUT2D eigenvalue weighted by atomic mass is 10.1. The summed E-state index contributed by atoms with van der Waals surface area (Å²) in [4.78, 5) is 12.5. The van der Waals surface area contributed by atoms with Gasteiger partial charge in [0, 0.05) is 19.2 Å². The molecule has 2 aromatic carbocycles. The monoisotopic (exact) mass is 374 g/mol. The summed E-state index contributed by atoms with van der Waals surface area (Å²) in [5.41, 5.74) is 4.14. The van der Waals surface area contributed by atoms with Crippen LogP contribution in [-0.4, -0.2) is 34.2 Å². The summed E-state index contributed by atoms with van der Waals surface area (Å²) in [6.45, 7) is 4.39. The van der Waals surface area contributed by atoms with Gasteiger partial charge in [0.25, 0.3) is 5.91 Å². The Morgan fingerprint density at radius 2 is 1.81 bits per heavy atom. The van der Waals surface area contributed by atoms with E-state index in [9.17, 15) is 13.2 Å². The van der Waals surface area contributed by atoms with Crippen LogP contribution in [0.25, 0.3) is 0 Å². The summed E-state index contributed by atoms with van der Waals surface area (Å²) >= 11 is 0. The Labute approximate surface area is 156 Å². The van der Waals surface area contributed by atoms with E-state index in [-0.39, 0.29) is 5.91 Å². The molecule has 1 amide bonds. The fourth-order valence-electron chi connectivity index (χ4n) is 2.85. The lowest BCUT2D eigenvalue weighted by Crippen LogP contribution is -2.28. The van der Waals surface area contributed by atoms with Crippen molar-refractivity contribution < 1.29 is 13.2 Å². The number of rotatable bonds is 7. The van der Waals surface area contributed by atoms with Crippen molar-refractivity contribution in [3.8, 4) is 0 Å². The van der Waals surface area contributed by atoms with Crippen LogP contribution in [-0.2, 0) is 16.4 Å². The van der Waals surface area contributed by atoms with Crippen LogP contribution in [0.5, 0.6) is 0 Å². The number of carbonyl (C=O) groups is 1. The minimum Gasteiger partial charge on any atom is -0.352 e. The first-order valence-corrected chi connectivity index (χ1v) is 10.4. The van der Waals surface area contributed by atoms with Crippen LogP contribution in [0, 0.1) is 13.8 Å². The SMILES string of the molecule is Cc1cccc(CCCNC(=O)c2cccc(N(C)S(C)(=O)=O)c2C)c1. The van der Waals surface area contributed by atoms with Gasteiger partial charge in [-0.1, -0.05) is 35.9 Å². The van der Waals surface area contributed by atoms with E-state index < -0.39 is 10.0 Å². The number of nitrogens with zero attached hydrogens (tertiary/aromatic N) is 1. The molecule has 1 N–H and O–H groups in total. The van der Waals surface area contributed by atoms with Gasteiger partial charge < -0.3 is 5.32 Å². The van der Waals surface area contributed by atoms with Crippen molar-refractivity contribution in [2.24, 2.45) is 0 Å². The summed E-state index contributed by atoms with van der Waals surface area (Å²) in [5.74, 6) is -0.185. The van der Waals surface area contributed by atoms with Crippen LogP contribution >= 0.6 is 0 Å². The first-order valence-electron chi connectivity index (χ1n) is 8.57. The number of hydrogen-bond donors (Lipinski definition) is 1. The van der Waals surface area contributed by atoms with Gasteiger partial charge in [-0.15, -0.1) is 0 Å². The molecule has 26 heavy (non-hydrogen) atoms. The minimum atomic E-state index is -3.37. The smallest absolute Gasteiger partial charge is 0.251 e. The highest BCUT2D eigenvalue weighted by Crippen LogP contribution is 2.24. The quantitative estimate of drug-likeness (QED) is 0.758. The molecular formula is C20H26N2O3S. The van der Waals surface area contributed by atoms with Gasteiger partial charge in [-0.05, 0) is 49.9 Å². The molecule has 0 aliphatic carbocycles. The molecule has 6 heteroatoms. The number of hydrogen-bond acceptors (Lipinski definition) is 3. The van der Waals surface area contributed by atoms with Crippen molar-refractivity contribution in [1.82, 2.24) is 5.32 Å². The largest absolute Gasteiger partial charge is 0.352 e. The number of sulfonamides is 1. The molecule has 2 rings (SSSR count). The molecule has 0 fully saturated rings. The van der Waals surface area contributed by atoms with Crippen LogP contribution in [0.2, 0.25) is 0 Å². The molecule has 140 valence electrons. The lowest BCUT2D eigenvalue weighted by Gasteiger charge is -2.20. The summed E-state index contributed by atoms with van der Waals surface area (Å²) in [6, 6.07) is 13.5. The zero-order valence-electron chi connectivity index (χ0n) is 15.7. The molecule has 0 atom stereocenters. The fourth-order valence-corrected chi connectivity index (χ4v) is 3.40. The van der Waals surface area contributed by atoms with Crippen LogP contribution in [0.3, 0.4) is 0 Å². The molecule has 2 aromatic rings. The van der Waals surface area contributed by atoms with Crippen molar-refractivity contribution in [3.63, 3.8) is 0 Å². The molecule has 0 spiro atoms. The van der Waals surface area contributed by atoms with E-state index in [1.54, 1.807) is 25.1 Å². The number of nitrogens with one attached hydrogen (secondary N) is 1. The van der Waals surface area contributed by atoms with Gasteiger partial charge in [0.15, 0.2) is 0 Å². The maximum Gasteiger partial charge on any atom is 0.251 e. The van der Waals surface area contributed by atoms with Crippen molar-refractivity contribution in [1.29, 1.82) is 0 Å². The fraction of sp³-hybridized carbons (Fsp3) is 0.350.